The lowest BCUT2D eigenvalue weighted by molar-refractivity contribution is -0.137. The van der Waals surface area contributed by atoms with Crippen molar-refractivity contribution in [3.8, 4) is 17.0 Å². The van der Waals surface area contributed by atoms with E-state index in [1.165, 1.54) is 12.1 Å². The summed E-state index contributed by atoms with van der Waals surface area (Å²) in [5, 5.41) is 3.52. The van der Waals surface area contributed by atoms with Crippen molar-refractivity contribution in [3.05, 3.63) is 83.9 Å². The average Bonchev–Trinajstić information content (AvgIpc) is 2.82. The molecule has 1 aromatic heterocycles. The number of anilines is 1. The first kappa shape index (κ1) is 25.2. The highest BCUT2D eigenvalue weighted by Crippen LogP contribution is 2.30. The zero-order valence-electron chi connectivity index (χ0n) is 19.3. The monoisotopic (exact) mass is 514 g/mol. The maximum atomic E-state index is 12.6. The molecule has 0 fully saturated rings. The number of hydrogen-bond acceptors (Lipinski definition) is 5. The smallest absolute Gasteiger partial charge is 0.416 e. The van der Waals surface area contributed by atoms with Crippen LogP contribution >= 0.6 is 0 Å². The van der Waals surface area contributed by atoms with E-state index in [1.807, 2.05) is 13.0 Å². The van der Waals surface area contributed by atoms with E-state index in [1.54, 1.807) is 30.3 Å². The lowest BCUT2D eigenvalue weighted by atomic mass is 10.0. The number of aromatic nitrogens is 1. The number of hydrogen-bond donors (Lipinski definition) is 1. The van der Waals surface area contributed by atoms with Crippen molar-refractivity contribution in [1.29, 1.82) is 0 Å². The van der Waals surface area contributed by atoms with Gasteiger partial charge in [0, 0.05) is 22.9 Å². The van der Waals surface area contributed by atoms with E-state index in [0.29, 0.717) is 16.9 Å². The van der Waals surface area contributed by atoms with Crippen LogP contribution in [0, 0.1) is 6.92 Å². The first-order chi connectivity index (χ1) is 16.9. The van der Waals surface area contributed by atoms with Crippen LogP contribution in [-0.2, 0) is 20.8 Å². The quantitative estimate of drug-likeness (QED) is 0.359. The van der Waals surface area contributed by atoms with E-state index in [9.17, 15) is 26.4 Å². The number of aryl methyl sites for hydroxylation is 1. The number of nitrogens with one attached hydrogen (secondary N) is 1. The fourth-order valence-corrected chi connectivity index (χ4v) is 4.21. The fraction of sp³-hybridized carbons (Fsp3) is 0.154. The highest BCUT2D eigenvalue weighted by Gasteiger charge is 2.30. The number of rotatable bonds is 6. The molecule has 0 aliphatic carbocycles. The van der Waals surface area contributed by atoms with Crippen LogP contribution in [0.3, 0.4) is 0 Å². The lowest BCUT2D eigenvalue weighted by Gasteiger charge is -2.11. The number of halogens is 3. The number of sulfone groups is 1. The molecule has 0 aliphatic heterocycles. The van der Waals surface area contributed by atoms with Gasteiger partial charge in [0.1, 0.15) is 5.75 Å². The van der Waals surface area contributed by atoms with Crippen LogP contribution in [0.2, 0.25) is 0 Å². The molecule has 0 saturated heterocycles. The second-order valence-corrected chi connectivity index (χ2v) is 10.2. The predicted molar refractivity (Wildman–Crippen MR) is 131 cm³/mol. The van der Waals surface area contributed by atoms with Gasteiger partial charge in [-0.1, -0.05) is 12.1 Å². The molecule has 0 aliphatic rings. The van der Waals surface area contributed by atoms with Crippen LogP contribution in [0.15, 0.2) is 77.7 Å². The first-order valence-corrected chi connectivity index (χ1v) is 12.6. The molecule has 0 radical (unpaired) electrons. The molecule has 3 aromatic carbocycles. The molecule has 1 heterocycles. The Morgan fingerprint density at radius 2 is 1.64 bits per heavy atom. The zero-order chi connectivity index (χ0) is 26.1. The van der Waals surface area contributed by atoms with Gasteiger partial charge in [-0.3, -0.25) is 4.79 Å². The third-order valence-electron chi connectivity index (χ3n) is 5.43. The minimum Gasteiger partial charge on any atom is -0.484 e. The van der Waals surface area contributed by atoms with Gasteiger partial charge in [0.2, 0.25) is 0 Å². The van der Waals surface area contributed by atoms with Gasteiger partial charge in [0.25, 0.3) is 5.91 Å². The Bertz CT molecular complexity index is 1530. The first-order valence-electron chi connectivity index (χ1n) is 10.7. The second kappa shape index (κ2) is 9.62. The Balaban J connectivity index is 1.45. The van der Waals surface area contributed by atoms with Gasteiger partial charge >= 0.3 is 6.18 Å². The van der Waals surface area contributed by atoms with Crippen LogP contribution in [-0.4, -0.2) is 32.2 Å². The fourth-order valence-electron chi connectivity index (χ4n) is 3.58. The number of ether oxygens (including phenoxy) is 1. The standard InChI is InChI=1S/C26H21F3N2O4S/c1-16-13-24(17-3-10-21(11-4-17)36(2,33)34)31-23-12-7-19(14-22(16)23)30-25(32)15-35-20-8-5-18(6-9-20)26(27,28)29/h3-14H,15H2,1-2H3,(H,30,32). The molecular weight excluding hydrogens is 493 g/mol. The maximum absolute atomic E-state index is 12.6. The molecule has 0 bridgehead atoms. The van der Waals surface area contributed by atoms with Gasteiger partial charge < -0.3 is 10.1 Å². The number of pyridine rings is 1. The van der Waals surface area contributed by atoms with Crippen molar-refractivity contribution < 1.29 is 31.1 Å². The molecule has 4 aromatic rings. The summed E-state index contributed by atoms with van der Waals surface area (Å²) in [5.41, 5.74) is 2.76. The summed E-state index contributed by atoms with van der Waals surface area (Å²) >= 11 is 0. The van der Waals surface area contributed by atoms with Crippen molar-refractivity contribution in [2.45, 2.75) is 18.0 Å². The molecule has 1 N–H and O–H groups in total. The second-order valence-electron chi connectivity index (χ2n) is 8.21. The lowest BCUT2D eigenvalue weighted by Crippen LogP contribution is -2.20. The van der Waals surface area contributed by atoms with Gasteiger partial charge in [0.05, 0.1) is 21.7 Å². The van der Waals surface area contributed by atoms with Crippen LogP contribution in [0.5, 0.6) is 5.75 Å². The Labute approximate surface area is 205 Å². The summed E-state index contributed by atoms with van der Waals surface area (Å²) in [6, 6.07) is 17.7. The number of fused-ring (bicyclic) bond motifs is 1. The maximum Gasteiger partial charge on any atom is 0.416 e. The average molecular weight is 515 g/mol. The van der Waals surface area contributed by atoms with E-state index in [0.717, 1.165) is 47.0 Å². The summed E-state index contributed by atoms with van der Waals surface area (Å²) in [4.78, 5) is 17.2. The SMILES string of the molecule is Cc1cc(-c2ccc(S(C)(=O)=O)cc2)nc2ccc(NC(=O)COc3ccc(C(F)(F)F)cc3)cc12. The van der Waals surface area contributed by atoms with Gasteiger partial charge in [-0.05, 0) is 73.2 Å². The zero-order valence-corrected chi connectivity index (χ0v) is 20.1. The van der Waals surface area contributed by atoms with Crippen LogP contribution < -0.4 is 10.1 Å². The molecule has 36 heavy (non-hydrogen) atoms. The molecular formula is C26H21F3N2O4S. The van der Waals surface area contributed by atoms with Crippen molar-refractivity contribution >= 4 is 32.3 Å². The summed E-state index contributed by atoms with van der Waals surface area (Å²) in [6.45, 7) is 1.53. The van der Waals surface area contributed by atoms with E-state index >= 15 is 0 Å². The summed E-state index contributed by atoms with van der Waals surface area (Å²) in [5.74, 6) is -0.323. The topological polar surface area (TPSA) is 85.4 Å². The molecule has 10 heteroatoms. The summed E-state index contributed by atoms with van der Waals surface area (Å²) < 4.78 is 66.6. The van der Waals surface area contributed by atoms with Crippen molar-refractivity contribution in [3.63, 3.8) is 0 Å². The van der Waals surface area contributed by atoms with Crippen molar-refractivity contribution in [2.24, 2.45) is 0 Å². The third-order valence-corrected chi connectivity index (χ3v) is 6.56. The highest BCUT2D eigenvalue weighted by atomic mass is 32.2. The Morgan fingerprint density at radius 3 is 2.25 bits per heavy atom. The Hall–Kier alpha value is -3.92. The highest BCUT2D eigenvalue weighted by molar-refractivity contribution is 7.90. The van der Waals surface area contributed by atoms with Crippen LogP contribution in [0.4, 0.5) is 18.9 Å². The minimum atomic E-state index is -4.44. The minimum absolute atomic E-state index is 0.147. The summed E-state index contributed by atoms with van der Waals surface area (Å²) in [6.07, 6.45) is -3.29. The van der Waals surface area contributed by atoms with E-state index in [2.05, 4.69) is 10.3 Å². The van der Waals surface area contributed by atoms with E-state index in [4.69, 9.17) is 4.74 Å². The normalized spacial score (nSPS) is 11.9. The van der Waals surface area contributed by atoms with Crippen molar-refractivity contribution in [2.75, 3.05) is 18.2 Å². The van der Waals surface area contributed by atoms with Gasteiger partial charge in [-0.15, -0.1) is 0 Å². The third kappa shape index (κ3) is 5.83. The number of alkyl halides is 3. The predicted octanol–water partition coefficient (Wildman–Crippen LogP) is 5.65. The molecule has 6 nitrogen and oxygen atoms in total. The van der Waals surface area contributed by atoms with Crippen LogP contribution in [0.1, 0.15) is 11.1 Å². The number of nitrogens with zero attached hydrogens (tertiary/aromatic N) is 1. The van der Waals surface area contributed by atoms with E-state index in [-0.39, 0.29) is 17.3 Å². The number of amides is 1. The molecule has 0 spiro atoms. The molecule has 186 valence electrons. The van der Waals surface area contributed by atoms with Crippen molar-refractivity contribution in [1.82, 2.24) is 4.98 Å². The number of carbonyl (C=O) groups is 1. The number of carbonyl (C=O) groups excluding carboxylic acids is 1. The van der Waals surface area contributed by atoms with E-state index < -0.39 is 27.5 Å². The Morgan fingerprint density at radius 1 is 0.972 bits per heavy atom. The number of benzene rings is 3. The Kier molecular flexibility index (Phi) is 6.73. The van der Waals surface area contributed by atoms with Gasteiger partial charge in [-0.25, -0.2) is 13.4 Å². The van der Waals surface area contributed by atoms with Crippen LogP contribution in [0.25, 0.3) is 22.2 Å². The van der Waals surface area contributed by atoms with Gasteiger partial charge in [-0.2, -0.15) is 13.2 Å². The summed E-state index contributed by atoms with van der Waals surface area (Å²) in [7, 11) is -3.29. The largest absolute Gasteiger partial charge is 0.484 e. The molecule has 0 atom stereocenters. The molecule has 0 saturated carbocycles. The van der Waals surface area contributed by atoms with Gasteiger partial charge in [0.15, 0.2) is 16.4 Å². The molecule has 0 unspecified atom stereocenters. The molecule has 4 rings (SSSR count). The molecule has 1 amide bonds.